The van der Waals surface area contributed by atoms with E-state index in [-0.39, 0.29) is 0 Å². The van der Waals surface area contributed by atoms with Gasteiger partial charge >= 0.3 is 0 Å². The first-order valence-electron chi connectivity index (χ1n) is 4.53. The van der Waals surface area contributed by atoms with Crippen LogP contribution < -0.4 is 5.32 Å². The van der Waals surface area contributed by atoms with Gasteiger partial charge in [-0.25, -0.2) is 0 Å². The summed E-state index contributed by atoms with van der Waals surface area (Å²) in [6.07, 6.45) is 0.720. The maximum absolute atomic E-state index is 10.2. The predicted octanol–water partition coefficient (Wildman–Crippen LogP) is 1.42. The lowest BCUT2D eigenvalue weighted by molar-refractivity contribution is -0.109. The van der Waals surface area contributed by atoms with Crippen LogP contribution in [0.25, 0.3) is 10.9 Å². The van der Waals surface area contributed by atoms with Crippen LogP contribution in [-0.2, 0) is 18.4 Å². The number of rotatable bonds is 3. The quantitative estimate of drug-likeness (QED) is 0.726. The summed E-state index contributed by atoms with van der Waals surface area (Å²) in [5.74, 6) is 0. The molecule has 0 saturated carbocycles. The Morgan fingerprint density at radius 2 is 2.21 bits per heavy atom. The van der Waals surface area contributed by atoms with Crippen LogP contribution in [0.1, 0.15) is 5.69 Å². The minimum Gasteiger partial charge on any atom is -0.353 e. The van der Waals surface area contributed by atoms with Gasteiger partial charge < -0.3 is 9.88 Å². The van der Waals surface area contributed by atoms with E-state index in [4.69, 9.17) is 0 Å². The summed E-state index contributed by atoms with van der Waals surface area (Å²) in [4.78, 5) is 10.2. The third kappa shape index (κ3) is 1.37. The minimum atomic E-state index is 0.578. The fourth-order valence-electron chi connectivity index (χ4n) is 1.66. The molecule has 0 radical (unpaired) electrons. The third-order valence-electron chi connectivity index (χ3n) is 2.42. The van der Waals surface area contributed by atoms with Crippen molar-refractivity contribution in [3.05, 3.63) is 36.0 Å². The average molecular weight is 188 g/mol. The second kappa shape index (κ2) is 3.54. The van der Waals surface area contributed by atoms with Crippen LogP contribution >= 0.6 is 0 Å². The molecule has 0 spiro atoms. The van der Waals surface area contributed by atoms with Crippen molar-refractivity contribution in [2.24, 2.45) is 7.05 Å². The van der Waals surface area contributed by atoms with Crippen LogP contribution in [0.15, 0.2) is 30.3 Å². The summed E-state index contributed by atoms with van der Waals surface area (Å²) in [5, 5.41) is 3.87. The third-order valence-corrected chi connectivity index (χ3v) is 2.42. The van der Waals surface area contributed by atoms with Gasteiger partial charge in [-0.3, -0.25) is 4.79 Å². The number of hydrogen-bond acceptors (Lipinski definition) is 1. The van der Waals surface area contributed by atoms with E-state index in [1.165, 1.54) is 10.9 Å². The van der Waals surface area contributed by atoms with Gasteiger partial charge in [-0.05, 0) is 17.5 Å². The Hall–Kier alpha value is -1.77. The van der Waals surface area contributed by atoms with Crippen molar-refractivity contribution in [2.75, 3.05) is 0 Å². The zero-order valence-corrected chi connectivity index (χ0v) is 8.03. The first-order valence-corrected chi connectivity index (χ1v) is 4.53. The van der Waals surface area contributed by atoms with E-state index in [2.05, 4.69) is 28.1 Å². The molecule has 1 heterocycles. The van der Waals surface area contributed by atoms with E-state index in [0.717, 1.165) is 12.1 Å². The van der Waals surface area contributed by atoms with Crippen molar-refractivity contribution in [2.45, 2.75) is 6.54 Å². The smallest absolute Gasteiger partial charge is 0.207 e. The molecule has 2 rings (SSSR count). The Balaban J connectivity index is 2.46. The van der Waals surface area contributed by atoms with Crippen molar-refractivity contribution < 1.29 is 4.79 Å². The lowest BCUT2D eigenvalue weighted by Crippen LogP contribution is -2.12. The molecule has 2 aromatic rings. The SMILES string of the molecule is Cn1c(CNC=O)cc2ccccc21. The molecule has 0 saturated heterocycles. The van der Waals surface area contributed by atoms with Crippen LogP contribution in [0.4, 0.5) is 0 Å². The molecular weight excluding hydrogens is 176 g/mol. The maximum atomic E-state index is 10.2. The van der Waals surface area contributed by atoms with E-state index >= 15 is 0 Å². The summed E-state index contributed by atoms with van der Waals surface area (Å²) in [7, 11) is 2.00. The topological polar surface area (TPSA) is 34.0 Å². The van der Waals surface area contributed by atoms with Gasteiger partial charge in [0.2, 0.25) is 6.41 Å². The van der Waals surface area contributed by atoms with Crippen LogP contribution in [0.3, 0.4) is 0 Å². The molecule has 72 valence electrons. The molecule has 0 aliphatic rings. The molecule has 1 N–H and O–H groups in total. The molecule has 1 aromatic carbocycles. The first kappa shape index (κ1) is 8.81. The molecule has 3 nitrogen and oxygen atoms in total. The van der Waals surface area contributed by atoms with Gasteiger partial charge in [-0.2, -0.15) is 0 Å². The number of nitrogens with one attached hydrogen (secondary N) is 1. The van der Waals surface area contributed by atoms with Crippen molar-refractivity contribution in [3.8, 4) is 0 Å². The number of nitrogens with zero attached hydrogens (tertiary/aromatic N) is 1. The number of hydrogen-bond donors (Lipinski definition) is 1. The van der Waals surface area contributed by atoms with E-state index in [9.17, 15) is 4.79 Å². The van der Waals surface area contributed by atoms with Gasteiger partial charge in [0.05, 0.1) is 6.54 Å². The molecule has 0 fully saturated rings. The van der Waals surface area contributed by atoms with Crippen LogP contribution in [0, 0.1) is 0 Å². The summed E-state index contributed by atoms with van der Waals surface area (Å²) in [5.41, 5.74) is 2.30. The van der Waals surface area contributed by atoms with Gasteiger partial charge in [0, 0.05) is 18.3 Å². The van der Waals surface area contributed by atoms with Gasteiger partial charge in [0.1, 0.15) is 0 Å². The first-order chi connectivity index (χ1) is 6.83. The molecule has 0 aliphatic heterocycles. The molecule has 14 heavy (non-hydrogen) atoms. The van der Waals surface area contributed by atoms with Crippen molar-refractivity contribution in [1.29, 1.82) is 0 Å². The number of fused-ring (bicyclic) bond motifs is 1. The van der Waals surface area contributed by atoms with Gasteiger partial charge in [0.25, 0.3) is 0 Å². The lowest BCUT2D eigenvalue weighted by Gasteiger charge is -2.02. The Morgan fingerprint density at radius 3 is 2.93 bits per heavy atom. The minimum absolute atomic E-state index is 0.578. The van der Waals surface area contributed by atoms with E-state index in [1.807, 2.05) is 19.2 Å². The van der Waals surface area contributed by atoms with Gasteiger partial charge in [-0.1, -0.05) is 18.2 Å². The molecular formula is C11H12N2O. The highest BCUT2D eigenvalue weighted by atomic mass is 16.1. The number of aromatic nitrogens is 1. The maximum Gasteiger partial charge on any atom is 0.207 e. The zero-order valence-electron chi connectivity index (χ0n) is 8.03. The Kier molecular flexibility index (Phi) is 2.23. The van der Waals surface area contributed by atoms with Crippen molar-refractivity contribution >= 4 is 17.3 Å². The van der Waals surface area contributed by atoms with Crippen LogP contribution in [0.5, 0.6) is 0 Å². The van der Waals surface area contributed by atoms with Crippen molar-refractivity contribution in [1.82, 2.24) is 9.88 Å². The number of para-hydroxylation sites is 1. The Labute approximate surface area is 82.3 Å². The monoisotopic (exact) mass is 188 g/mol. The predicted molar refractivity (Wildman–Crippen MR) is 55.8 cm³/mol. The second-order valence-electron chi connectivity index (χ2n) is 3.25. The van der Waals surface area contributed by atoms with Crippen molar-refractivity contribution in [3.63, 3.8) is 0 Å². The van der Waals surface area contributed by atoms with Crippen LogP contribution in [0.2, 0.25) is 0 Å². The fraction of sp³-hybridized carbons (Fsp3) is 0.182. The highest BCUT2D eigenvalue weighted by molar-refractivity contribution is 5.81. The van der Waals surface area contributed by atoms with E-state index in [0.29, 0.717) is 6.54 Å². The summed E-state index contributed by atoms with van der Waals surface area (Å²) in [6, 6.07) is 10.3. The molecule has 1 aromatic heterocycles. The van der Waals surface area contributed by atoms with Crippen LogP contribution in [-0.4, -0.2) is 11.0 Å². The fourth-order valence-corrected chi connectivity index (χ4v) is 1.66. The normalized spacial score (nSPS) is 10.4. The number of carbonyl (C=O) groups excluding carboxylic acids is 1. The summed E-state index contributed by atoms with van der Waals surface area (Å²) < 4.78 is 2.09. The number of amides is 1. The number of aryl methyl sites for hydroxylation is 1. The van der Waals surface area contributed by atoms with Gasteiger partial charge in [-0.15, -0.1) is 0 Å². The molecule has 0 atom stereocenters. The Morgan fingerprint density at radius 1 is 1.43 bits per heavy atom. The molecule has 1 amide bonds. The molecule has 0 aliphatic carbocycles. The average Bonchev–Trinajstić information content (AvgIpc) is 2.54. The summed E-state index contributed by atoms with van der Waals surface area (Å²) in [6.45, 7) is 0.578. The largest absolute Gasteiger partial charge is 0.353 e. The lowest BCUT2D eigenvalue weighted by atomic mass is 10.2. The molecule has 0 bridgehead atoms. The summed E-state index contributed by atoms with van der Waals surface area (Å²) >= 11 is 0. The second-order valence-corrected chi connectivity index (χ2v) is 3.25. The zero-order chi connectivity index (χ0) is 9.97. The Bertz CT molecular complexity index is 459. The number of benzene rings is 1. The van der Waals surface area contributed by atoms with E-state index < -0.39 is 0 Å². The van der Waals surface area contributed by atoms with Gasteiger partial charge in [0.15, 0.2) is 0 Å². The van der Waals surface area contributed by atoms with E-state index in [1.54, 1.807) is 0 Å². The highest BCUT2D eigenvalue weighted by Crippen LogP contribution is 2.17. The standard InChI is InChI=1S/C11H12N2O/c1-13-10(7-12-8-14)6-9-4-2-3-5-11(9)13/h2-6,8H,7H2,1H3,(H,12,14). The molecule has 0 unspecified atom stereocenters. The molecule has 3 heteroatoms. The highest BCUT2D eigenvalue weighted by Gasteiger charge is 2.03. The number of carbonyl (C=O) groups is 1.